The number of benzene rings is 1. The number of rotatable bonds is 9. The van der Waals surface area contributed by atoms with Gasteiger partial charge in [0, 0.05) is 11.6 Å². The molecule has 0 bridgehead atoms. The minimum atomic E-state index is -0.683. The maximum Gasteiger partial charge on any atom is 0.290 e. The summed E-state index contributed by atoms with van der Waals surface area (Å²) in [6.45, 7) is 10.9. The molecule has 2 heterocycles. The van der Waals surface area contributed by atoms with Crippen LogP contribution in [0.3, 0.4) is 0 Å². The van der Waals surface area contributed by atoms with E-state index in [9.17, 15) is 14.7 Å². The average molecular weight is 462 g/mol. The molecule has 1 N–H and O–H groups in total. The number of aryl methyl sites for hydroxylation is 2. The van der Waals surface area contributed by atoms with Crippen LogP contribution in [-0.2, 0) is 4.79 Å². The number of ketones is 1. The average Bonchev–Trinajstić information content (AvgIpc) is 3.21. The van der Waals surface area contributed by atoms with Crippen LogP contribution in [0.15, 0.2) is 35.6 Å². The molecule has 8 heteroatoms. The van der Waals surface area contributed by atoms with E-state index in [-0.39, 0.29) is 11.4 Å². The Labute approximate surface area is 192 Å². The van der Waals surface area contributed by atoms with Gasteiger partial charge in [-0.25, -0.2) is 4.98 Å². The fourth-order valence-corrected chi connectivity index (χ4v) is 5.08. The summed E-state index contributed by atoms with van der Waals surface area (Å²) in [4.78, 5) is 35.1. The van der Waals surface area contributed by atoms with E-state index in [1.54, 1.807) is 30.0 Å². The van der Waals surface area contributed by atoms with E-state index in [0.717, 1.165) is 31.1 Å². The number of carbonyl (C=O) groups excluding carboxylic acids is 2. The van der Waals surface area contributed by atoms with E-state index >= 15 is 0 Å². The molecule has 0 spiro atoms. The van der Waals surface area contributed by atoms with Crippen molar-refractivity contribution >= 4 is 34.6 Å². The number of Topliss-reactive ketones (excluding diaryl/α,β-unsaturated/α-hetero) is 1. The quantitative estimate of drug-likeness (QED) is 0.547. The molecular weight excluding hydrogens is 434 g/mol. The van der Waals surface area contributed by atoms with Crippen LogP contribution in [0.1, 0.15) is 52.2 Å². The molecule has 6 nitrogen and oxygen atoms in total. The first-order chi connectivity index (χ1) is 14.8. The Morgan fingerprint density at radius 3 is 2.58 bits per heavy atom. The number of hydrogen-bond donors (Lipinski definition) is 1. The molecule has 0 fully saturated rings. The van der Waals surface area contributed by atoms with Gasteiger partial charge in [0.25, 0.3) is 5.91 Å². The summed E-state index contributed by atoms with van der Waals surface area (Å²) < 4.78 is 0. The smallest absolute Gasteiger partial charge is 0.290 e. The zero-order valence-electron chi connectivity index (χ0n) is 18.3. The molecule has 0 saturated heterocycles. The molecule has 1 aromatic carbocycles. The Morgan fingerprint density at radius 2 is 2.00 bits per heavy atom. The number of aromatic nitrogens is 1. The molecule has 1 aliphatic heterocycles. The molecule has 0 unspecified atom stereocenters. The fourth-order valence-electron chi connectivity index (χ4n) is 4.01. The van der Waals surface area contributed by atoms with Gasteiger partial charge in [-0.2, -0.15) is 0 Å². The second-order valence-electron chi connectivity index (χ2n) is 7.58. The van der Waals surface area contributed by atoms with Crippen molar-refractivity contribution in [2.75, 3.05) is 26.2 Å². The topological polar surface area (TPSA) is 73.7 Å². The van der Waals surface area contributed by atoms with Gasteiger partial charge >= 0.3 is 0 Å². The van der Waals surface area contributed by atoms with E-state index in [1.165, 1.54) is 11.3 Å². The summed E-state index contributed by atoms with van der Waals surface area (Å²) in [7, 11) is 0. The summed E-state index contributed by atoms with van der Waals surface area (Å²) in [6.07, 6.45) is 0.734. The Kier molecular flexibility index (Phi) is 7.51. The highest BCUT2D eigenvalue weighted by Crippen LogP contribution is 2.40. The number of amides is 1. The number of aliphatic hydroxyl groups excluding tert-OH is 1. The van der Waals surface area contributed by atoms with Crippen molar-refractivity contribution in [2.45, 2.75) is 40.2 Å². The van der Waals surface area contributed by atoms with Crippen LogP contribution in [0.4, 0.5) is 0 Å². The van der Waals surface area contributed by atoms with Crippen LogP contribution in [0.5, 0.6) is 0 Å². The standard InChI is InChI=1S/C23H28ClN3O3S/c1-5-26(6-2)11-8-12-27-19(16-9-7-10-17(24)13-16)18(21(29)23(27)30)20(28)22-14(3)25-15(4)31-22/h7,9-10,13,19,29H,5-6,8,11-12H2,1-4H3/t19-/m1/s1. The zero-order valence-corrected chi connectivity index (χ0v) is 19.9. The molecule has 1 aliphatic rings. The summed E-state index contributed by atoms with van der Waals surface area (Å²) >= 11 is 7.49. The van der Waals surface area contributed by atoms with Gasteiger partial charge in [0.15, 0.2) is 5.76 Å². The summed E-state index contributed by atoms with van der Waals surface area (Å²) in [5.74, 6) is -1.36. The molecule has 1 amide bonds. The number of halogens is 1. The summed E-state index contributed by atoms with van der Waals surface area (Å²) in [5.41, 5.74) is 1.40. The number of aliphatic hydroxyl groups is 1. The first kappa shape index (κ1) is 23.4. The van der Waals surface area contributed by atoms with Crippen molar-refractivity contribution in [1.29, 1.82) is 0 Å². The van der Waals surface area contributed by atoms with Gasteiger partial charge in [-0.3, -0.25) is 9.59 Å². The predicted octanol–water partition coefficient (Wildman–Crippen LogP) is 4.72. The van der Waals surface area contributed by atoms with Crippen LogP contribution in [0, 0.1) is 13.8 Å². The number of nitrogens with zero attached hydrogens (tertiary/aromatic N) is 3. The SMILES string of the molecule is CCN(CC)CCCN1C(=O)C(O)=C(C(=O)c2sc(C)nc2C)[C@H]1c1cccc(Cl)c1. The van der Waals surface area contributed by atoms with Crippen molar-refractivity contribution < 1.29 is 14.7 Å². The predicted molar refractivity (Wildman–Crippen MR) is 124 cm³/mol. The third-order valence-electron chi connectivity index (χ3n) is 5.59. The van der Waals surface area contributed by atoms with Gasteiger partial charge in [0.2, 0.25) is 5.78 Å². The van der Waals surface area contributed by atoms with Gasteiger partial charge in [0.1, 0.15) is 0 Å². The van der Waals surface area contributed by atoms with Gasteiger partial charge in [-0.1, -0.05) is 37.6 Å². The number of hydrogen-bond acceptors (Lipinski definition) is 6. The third kappa shape index (κ3) is 4.84. The monoisotopic (exact) mass is 461 g/mol. The fraction of sp³-hybridized carbons (Fsp3) is 0.435. The molecule has 3 rings (SSSR count). The molecule has 2 aromatic rings. The molecule has 0 aliphatic carbocycles. The summed E-state index contributed by atoms with van der Waals surface area (Å²) in [5, 5.41) is 12.0. The minimum absolute atomic E-state index is 0.0989. The van der Waals surface area contributed by atoms with E-state index in [0.29, 0.717) is 27.7 Å². The van der Waals surface area contributed by atoms with Crippen LogP contribution in [0.2, 0.25) is 5.02 Å². The van der Waals surface area contributed by atoms with Crippen molar-refractivity contribution in [2.24, 2.45) is 0 Å². The minimum Gasteiger partial charge on any atom is -0.503 e. The second-order valence-corrected chi connectivity index (χ2v) is 9.21. The lowest BCUT2D eigenvalue weighted by atomic mass is 9.95. The highest BCUT2D eigenvalue weighted by Gasteiger charge is 2.44. The van der Waals surface area contributed by atoms with Crippen LogP contribution in [-0.4, -0.2) is 57.8 Å². The molecule has 0 saturated carbocycles. The molecule has 166 valence electrons. The Hall–Kier alpha value is -2.22. The number of thiazole rings is 1. The summed E-state index contributed by atoms with van der Waals surface area (Å²) in [6, 6.07) is 6.42. The molecule has 31 heavy (non-hydrogen) atoms. The Bertz CT molecular complexity index is 1010. The van der Waals surface area contributed by atoms with Crippen LogP contribution < -0.4 is 0 Å². The van der Waals surface area contributed by atoms with Gasteiger partial charge in [-0.05, 0) is 57.6 Å². The first-order valence-electron chi connectivity index (χ1n) is 10.5. The molecular formula is C23H28ClN3O3S. The normalized spacial score (nSPS) is 16.6. The van der Waals surface area contributed by atoms with Gasteiger partial charge < -0.3 is 14.9 Å². The Morgan fingerprint density at radius 1 is 1.29 bits per heavy atom. The molecule has 1 aromatic heterocycles. The lowest BCUT2D eigenvalue weighted by Crippen LogP contribution is -2.34. The van der Waals surface area contributed by atoms with E-state index in [4.69, 9.17) is 11.6 Å². The van der Waals surface area contributed by atoms with Crippen molar-refractivity contribution in [3.05, 3.63) is 61.8 Å². The first-order valence-corrected chi connectivity index (χ1v) is 11.7. The van der Waals surface area contributed by atoms with Gasteiger partial charge in [0.05, 0.1) is 27.2 Å². The highest BCUT2D eigenvalue weighted by molar-refractivity contribution is 7.14. The van der Waals surface area contributed by atoms with Crippen LogP contribution in [0.25, 0.3) is 0 Å². The zero-order chi connectivity index (χ0) is 22.7. The van der Waals surface area contributed by atoms with Crippen LogP contribution >= 0.6 is 22.9 Å². The highest BCUT2D eigenvalue weighted by atomic mass is 35.5. The van der Waals surface area contributed by atoms with E-state index in [1.807, 2.05) is 13.0 Å². The second kappa shape index (κ2) is 9.94. The van der Waals surface area contributed by atoms with E-state index < -0.39 is 17.7 Å². The lowest BCUT2D eigenvalue weighted by Gasteiger charge is -2.28. The molecule has 1 atom stereocenters. The number of carbonyl (C=O) groups is 2. The van der Waals surface area contributed by atoms with Crippen molar-refractivity contribution in [3.63, 3.8) is 0 Å². The van der Waals surface area contributed by atoms with Crippen molar-refractivity contribution in [3.8, 4) is 0 Å². The van der Waals surface area contributed by atoms with Crippen molar-refractivity contribution in [1.82, 2.24) is 14.8 Å². The van der Waals surface area contributed by atoms with E-state index in [2.05, 4.69) is 23.7 Å². The maximum atomic E-state index is 13.5. The Balaban J connectivity index is 1.98. The maximum absolute atomic E-state index is 13.5. The largest absolute Gasteiger partial charge is 0.503 e. The van der Waals surface area contributed by atoms with Gasteiger partial charge in [-0.15, -0.1) is 11.3 Å². The lowest BCUT2D eigenvalue weighted by molar-refractivity contribution is -0.129. The third-order valence-corrected chi connectivity index (χ3v) is 6.90. The molecule has 0 radical (unpaired) electrons.